The van der Waals surface area contributed by atoms with Crippen LogP contribution < -0.4 is 5.32 Å². The van der Waals surface area contributed by atoms with E-state index in [-0.39, 0.29) is 11.5 Å². The second-order valence-corrected chi connectivity index (χ2v) is 7.42. The van der Waals surface area contributed by atoms with Crippen LogP contribution in [0.1, 0.15) is 44.9 Å². The highest BCUT2D eigenvalue weighted by molar-refractivity contribution is 7.09. The SMILES string of the molecule is O=C(Nc1ccccc1)c1ccccc1C(=O)OCCCCCc1cccs1. The summed E-state index contributed by atoms with van der Waals surface area (Å²) in [5, 5.41) is 4.89. The summed E-state index contributed by atoms with van der Waals surface area (Å²) < 4.78 is 5.39. The second kappa shape index (κ2) is 10.4. The maximum atomic E-state index is 12.5. The third-order valence-electron chi connectivity index (χ3n) is 4.30. The Morgan fingerprint density at radius 1 is 0.821 bits per heavy atom. The Morgan fingerprint density at radius 2 is 1.57 bits per heavy atom. The number of thiophene rings is 1. The van der Waals surface area contributed by atoms with E-state index in [2.05, 4.69) is 22.8 Å². The number of esters is 1. The van der Waals surface area contributed by atoms with Gasteiger partial charge in [-0.15, -0.1) is 11.3 Å². The van der Waals surface area contributed by atoms with Gasteiger partial charge in [-0.05, 0) is 61.4 Å². The van der Waals surface area contributed by atoms with E-state index in [0.29, 0.717) is 17.9 Å². The van der Waals surface area contributed by atoms with Crippen LogP contribution in [0.2, 0.25) is 0 Å². The van der Waals surface area contributed by atoms with Crippen LogP contribution in [0.3, 0.4) is 0 Å². The van der Waals surface area contributed by atoms with Gasteiger partial charge in [-0.25, -0.2) is 4.79 Å². The largest absolute Gasteiger partial charge is 0.462 e. The number of carbonyl (C=O) groups excluding carboxylic acids is 2. The Hall–Kier alpha value is -2.92. The van der Waals surface area contributed by atoms with E-state index in [1.165, 1.54) is 4.88 Å². The molecule has 0 aliphatic rings. The Kier molecular flexibility index (Phi) is 7.38. The first-order valence-electron chi connectivity index (χ1n) is 9.39. The van der Waals surface area contributed by atoms with Crippen molar-refractivity contribution in [2.75, 3.05) is 11.9 Å². The van der Waals surface area contributed by atoms with Crippen molar-refractivity contribution in [2.24, 2.45) is 0 Å². The summed E-state index contributed by atoms with van der Waals surface area (Å²) in [4.78, 5) is 26.4. The molecule has 1 aromatic heterocycles. The molecule has 0 fully saturated rings. The first-order chi connectivity index (χ1) is 13.7. The number of benzene rings is 2. The number of rotatable bonds is 9. The van der Waals surface area contributed by atoms with Gasteiger partial charge >= 0.3 is 5.97 Å². The highest BCUT2D eigenvalue weighted by Crippen LogP contribution is 2.15. The molecule has 0 aliphatic carbocycles. The van der Waals surface area contributed by atoms with Crippen molar-refractivity contribution in [1.29, 1.82) is 0 Å². The number of nitrogens with one attached hydrogen (secondary N) is 1. The maximum absolute atomic E-state index is 12.5. The monoisotopic (exact) mass is 393 g/mol. The molecule has 28 heavy (non-hydrogen) atoms. The van der Waals surface area contributed by atoms with E-state index in [0.717, 1.165) is 25.7 Å². The molecule has 144 valence electrons. The van der Waals surface area contributed by atoms with Crippen molar-refractivity contribution in [3.63, 3.8) is 0 Å². The van der Waals surface area contributed by atoms with E-state index in [4.69, 9.17) is 4.74 Å². The second-order valence-electron chi connectivity index (χ2n) is 6.39. The molecule has 0 bridgehead atoms. The first kappa shape index (κ1) is 19.8. The third-order valence-corrected chi connectivity index (χ3v) is 5.24. The van der Waals surface area contributed by atoms with E-state index < -0.39 is 5.97 Å². The number of ether oxygens (including phenoxy) is 1. The summed E-state index contributed by atoms with van der Waals surface area (Å²) in [5.41, 5.74) is 1.28. The molecule has 5 heteroatoms. The maximum Gasteiger partial charge on any atom is 0.338 e. The minimum atomic E-state index is -0.461. The van der Waals surface area contributed by atoms with E-state index in [9.17, 15) is 9.59 Å². The number of para-hydroxylation sites is 1. The molecule has 3 rings (SSSR count). The molecule has 4 nitrogen and oxygen atoms in total. The van der Waals surface area contributed by atoms with Gasteiger partial charge in [0.15, 0.2) is 0 Å². The van der Waals surface area contributed by atoms with Crippen molar-refractivity contribution >= 4 is 28.9 Å². The van der Waals surface area contributed by atoms with Gasteiger partial charge in [0, 0.05) is 10.6 Å². The summed E-state index contributed by atoms with van der Waals surface area (Å²) in [6, 6.07) is 20.1. The predicted molar refractivity (Wildman–Crippen MR) is 113 cm³/mol. The van der Waals surface area contributed by atoms with Crippen molar-refractivity contribution in [1.82, 2.24) is 0 Å². The van der Waals surface area contributed by atoms with Crippen molar-refractivity contribution < 1.29 is 14.3 Å². The number of anilines is 1. The number of hydrogen-bond donors (Lipinski definition) is 1. The minimum Gasteiger partial charge on any atom is -0.462 e. The molecule has 1 N–H and O–H groups in total. The molecule has 1 heterocycles. The molecule has 0 spiro atoms. The molecular weight excluding hydrogens is 370 g/mol. The standard InChI is InChI=1S/C23H23NO3S/c25-22(24-18-10-3-1-4-11-18)20-14-6-7-15-21(20)23(26)27-16-8-2-5-12-19-13-9-17-28-19/h1,3-4,6-7,9-11,13-15,17H,2,5,8,12,16H2,(H,24,25). The fourth-order valence-electron chi connectivity index (χ4n) is 2.85. The highest BCUT2D eigenvalue weighted by atomic mass is 32.1. The topological polar surface area (TPSA) is 55.4 Å². The van der Waals surface area contributed by atoms with Crippen LogP contribution in [0.25, 0.3) is 0 Å². The van der Waals surface area contributed by atoms with Crippen LogP contribution in [0, 0.1) is 0 Å². The normalized spacial score (nSPS) is 10.4. The lowest BCUT2D eigenvalue weighted by molar-refractivity contribution is 0.0495. The van der Waals surface area contributed by atoms with Gasteiger partial charge in [0.1, 0.15) is 0 Å². The molecular formula is C23H23NO3S. The lowest BCUT2D eigenvalue weighted by Crippen LogP contribution is -2.18. The van der Waals surface area contributed by atoms with Gasteiger partial charge in [-0.2, -0.15) is 0 Å². The number of hydrogen-bond acceptors (Lipinski definition) is 4. The lowest BCUT2D eigenvalue weighted by atomic mass is 10.1. The van der Waals surface area contributed by atoms with Crippen LogP contribution >= 0.6 is 11.3 Å². The predicted octanol–water partition coefficient (Wildman–Crippen LogP) is 5.57. The summed E-state index contributed by atoms with van der Waals surface area (Å²) in [6.07, 6.45) is 3.96. The number of carbonyl (C=O) groups is 2. The van der Waals surface area contributed by atoms with E-state index >= 15 is 0 Å². The molecule has 1 amide bonds. The fourth-order valence-corrected chi connectivity index (χ4v) is 3.61. The zero-order valence-corrected chi connectivity index (χ0v) is 16.4. The molecule has 0 radical (unpaired) electrons. The zero-order chi connectivity index (χ0) is 19.6. The number of unbranched alkanes of at least 4 members (excludes halogenated alkanes) is 2. The van der Waals surface area contributed by atoms with Gasteiger partial charge in [0.2, 0.25) is 0 Å². The summed E-state index contributed by atoms with van der Waals surface area (Å²) in [6.45, 7) is 0.359. The number of amides is 1. The summed E-state index contributed by atoms with van der Waals surface area (Å²) in [7, 11) is 0. The zero-order valence-electron chi connectivity index (χ0n) is 15.6. The van der Waals surface area contributed by atoms with Crippen LogP contribution in [-0.4, -0.2) is 18.5 Å². The van der Waals surface area contributed by atoms with Crippen LogP contribution in [0.5, 0.6) is 0 Å². The van der Waals surface area contributed by atoms with Gasteiger partial charge in [0.25, 0.3) is 5.91 Å². The van der Waals surface area contributed by atoms with E-state index in [1.807, 2.05) is 18.2 Å². The van der Waals surface area contributed by atoms with Gasteiger partial charge in [-0.1, -0.05) is 36.4 Å². The van der Waals surface area contributed by atoms with Crippen molar-refractivity contribution in [3.8, 4) is 0 Å². The molecule has 0 atom stereocenters. The Labute approximate surface area is 169 Å². The fraction of sp³-hybridized carbons (Fsp3) is 0.217. The van der Waals surface area contributed by atoms with Gasteiger partial charge in [0.05, 0.1) is 17.7 Å². The summed E-state index contributed by atoms with van der Waals surface area (Å²) >= 11 is 1.77. The van der Waals surface area contributed by atoms with Gasteiger partial charge in [-0.3, -0.25) is 4.79 Å². The molecule has 3 aromatic rings. The van der Waals surface area contributed by atoms with Crippen LogP contribution in [-0.2, 0) is 11.2 Å². The quantitative estimate of drug-likeness (QED) is 0.382. The number of aryl methyl sites for hydroxylation is 1. The average molecular weight is 394 g/mol. The minimum absolute atomic E-state index is 0.287. The van der Waals surface area contributed by atoms with E-state index in [1.54, 1.807) is 47.7 Å². The third kappa shape index (κ3) is 5.79. The van der Waals surface area contributed by atoms with Crippen molar-refractivity contribution in [2.45, 2.75) is 25.7 Å². The Morgan fingerprint density at radius 3 is 2.32 bits per heavy atom. The van der Waals surface area contributed by atoms with Gasteiger partial charge < -0.3 is 10.1 Å². The summed E-state index contributed by atoms with van der Waals surface area (Å²) in [5.74, 6) is -0.785. The molecule has 0 saturated carbocycles. The highest BCUT2D eigenvalue weighted by Gasteiger charge is 2.17. The average Bonchev–Trinajstić information content (AvgIpc) is 3.24. The Balaban J connectivity index is 1.48. The molecule has 0 saturated heterocycles. The smallest absolute Gasteiger partial charge is 0.338 e. The van der Waals surface area contributed by atoms with Crippen LogP contribution in [0.15, 0.2) is 72.1 Å². The molecule has 2 aromatic carbocycles. The molecule has 0 aliphatic heterocycles. The van der Waals surface area contributed by atoms with Crippen molar-refractivity contribution in [3.05, 3.63) is 88.1 Å². The van der Waals surface area contributed by atoms with Crippen LogP contribution in [0.4, 0.5) is 5.69 Å². The molecule has 0 unspecified atom stereocenters. The Bertz CT molecular complexity index is 891. The first-order valence-corrected chi connectivity index (χ1v) is 10.3. The lowest BCUT2D eigenvalue weighted by Gasteiger charge is -2.10.